The predicted octanol–water partition coefficient (Wildman–Crippen LogP) is 1.58. The molecular weight excluding hydrogens is 312 g/mol. The summed E-state index contributed by atoms with van der Waals surface area (Å²) in [5, 5.41) is 11.9. The third-order valence-electron chi connectivity index (χ3n) is 3.94. The van der Waals surface area contributed by atoms with Crippen LogP contribution in [0, 0.1) is 11.3 Å². The van der Waals surface area contributed by atoms with Crippen molar-refractivity contribution >= 4 is 17.8 Å². The van der Waals surface area contributed by atoms with E-state index >= 15 is 0 Å². The van der Waals surface area contributed by atoms with Gasteiger partial charge in [-0.15, -0.1) is 0 Å². The van der Waals surface area contributed by atoms with E-state index in [1.165, 1.54) is 19.2 Å². The van der Waals surface area contributed by atoms with E-state index in [-0.39, 0.29) is 11.1 Å². The zero-order valence-corrected chi connectivity index (χ0v) is 13.3. The number of methoxy groups -OCH3 is 1. The van der Waals surface area contributed by atoms with Crippen LogP contribution in [-0.4, -0.2) is 37.1 Å². The fourth-order valence-electron chi connectivity index (χ4n) is 2.70. The molecule has 24 heavy (non-hydrogen) atoms. The minimum absolute atomic E-state index is 0.0213. The van der Waals surface area contributed by atoms with E-state index in [1.54, 1.807) is 12.1 Å². The average Bonchev–Trinajstić information content (AvgIpc) is 3.08. The van der Waals surface area contributed by atoms with Crippen molar-refractivity contribution in [3.63, 3.8) is 0 Å². The lowest BCUT2D eigenvalue weighted by Gasteiger charge is -2.21. The summed E-state index contributed by atoms with van der Waals surface area (Å²) >= 11 is 0. The van der Waals surface area contributed by atoms with Gasteiger partial charge in [0, 0.05) is 0 Å². The average molecular weight is 330 g/mol. The van der Waals surface area contributed by atoms with Crippen molar-refractivity contribution in [2.75, 3.05) is 13.7 Å². The molecule has 0 bridgehead atoms. The largest absolute Gasteiger partial charge is 0.465 e. The summed E-state index contributed by atoms with van der Waals surface area (Å²) in [5.41, 5.74) is -0.782. The maximum Gasteiger partial charge on any atom is 0.339 e. The van der Waals surface area contributed by atoms with Crippen LogP contribution in [-0.2, 0) is 14.3 Å². The molecule has 0 spiro atoms. The lowest BCUT2D eigenvalue weighted by atomic mass is 10.00. The van der Waals surface area contributed by atoms with Crippen molar-refractivity contribution in [3.8, 4) is 6.07 Å². The monoisotopic (exact) mass is 330 g/mol. The first-order valence-corrected chi connectivity index (χ1v) is 7.58. The minimum Gasteiger partial charge on any atom is -0.465 e. The summed E-state index contributed by atoms with van der Waals surface area (Å²) < 4.78 is 9.56. The normalized spacial score (nSPS) is 15.2. The van der Waals surface area contributed by atoms with Crippen molar-refractivity contribution in [1.29, 1.82) is 5.26 Å². The number of carbonyl (C=O) groups excluding carboxylic acids is 3. The number of nitrogens with one attached hydrogen (secondary N) is 1. The smallest absolute Gasteiger partial charge is 0.339 e. The Morgan fingerprint density at radius 3 is 2.29 bits per heavy atom. The molecule has 0 unspecified atom stereocenters. The molecule has 7 nitrogen and oxygen atoms in total. The van der Waals surface area contributed by atoms with Gasteiger partial charge in [-0.2, -0.15) is 5.26 Å². The molecule has 0 heterocycles. The predicted molar refractivity (Wildman–Crippen MR) is 83.0 cm³/mol. The second-order valence-electron chi connectivity index (χ2n) is 5.56. The van der Waals surface area contributed by atoms with Crippen LogP contribution in [0.4, 0.5) is 0 Å². The van der Waals surface area contributed by atoms with Crippen LogP contribution in [0.2, 0.25) is 0 Å². The molecule has 1 aliphatic rings. The zero-order valence-electron chi connectivity index (χ0n) is 13.3. The SMILES string of the molecule is COC(=O)c1ccccc1C(=O)OCC(=O)NC1(C#N)CCCC1. The number of carbonyl (C=O) groups is 3. The van der Waals surface area contributed by atoms with Crippen LogP contribution in [0.1, 0.15) is 46.4 Å². The highest BCUT2D eigenvalue weighted by Crippen LogP contribution is 2.28. The van der Waals surface area contributed by atoms with Crippen LogP contribution >= 0.6 is 0 Å². The van der Waals surface area contributed by atoms with E-state index in [4.69, 9.17) is 4.74 Å². The minimum atomic E-state index is -0.868. The molecule has 1 aromatic rings. The molecule has 1 aromatic carbocycles. The summed E-state index contributed by atoms with van der Waals surface area (Å²) in [6.07, 6.45) is 2.93. The Bertz CT molecular complexity index is 686. The molecule has 2 rings (SSSR count). The lowest BCUT2D eigenvalue weighted by Crippen LogP contribution is -2.46. The highest BCUT2D eigenvalue weighted by atomic mass is 16.5. The van der Waals surface area contributed by atoms with Gasteiger partial charge >= 0.3 is 11.9 Å². The number of rotatable bonds is 5. The second kappa shape index (κ2) is 7.59. The van der Waals surface area contributed by atoms with E-state index < -0.39 is 30.0 Å². The number of ether oxygens (including phenoxy) is 2. The molecule has 0 aliphatic heterocycles. The van der Waals surface area contributed by atoms with Crippen LogP contribution in [0.25, 0.3) is 0 Å². The van der Waals surface area contributed by atoms with Crippen molar-refractivity contribution in [2.24, 2.45) is 0 Å². The Morgan fingerprint density at radius 1 is 1.17 bits per heavy atom. The van der Waals surface area contributed by atoms with E-state index in [2.05, 4.69) is 16.1 Å². The fraction of sp³-hybridized carbons (Fsp3) is 0.412. The number of nitrogens with zero attached hydrogens (tertiary/aromatic N) is 1. The molecule has 7 heteroatoms. The van der Waals surface area contributed by atoms with E-state index in [0.717, 1.165) is 12.8 Å². The van der Waals surface area contributed by atoms with E-state index in [1.807, 2.05) is 0 Å². The molecule has 1 aliphatic carbocycles. The molecule has 0 atom stereocenters. The van der Waals surface area contributed by atoms with Gasteiger partial charge in [0.15, 0.2) is 6.61 Å². The van der Waals surface area contributed by atoms with Gasteiger partial charge < -0.3 is 14.8 Å². The molecular formula is C17H18N2O5. The third-order valence-corrected chi connectivity index (χ3v) is 3.94. The van der Waals surface area contributed by atoms with Crippen molar-refractivity contribution < 1.29 is 23.9 Å². The van der Waals surface area contributed by atoms with Gasteiger partial charge in [0.25, 0.3) is 5.91 Å². The van der Waals surface area contributed by atoms with Gasteiger partial charge in [0.1, 0.15) is 5.54 Å². The molecule has 0 saturated heterocycles. The van der Waals surface area contributed by atoms with Gasteiger partial charge in [-0.1, -0.05) is 12.1 Å². The standard InChI is InChI=1S/C17H18N2O5/c1-23-15(21)12-6-2-3-7-13(12)16(22)24-10-14(20)19-17(11-18)8-4-5-9-17/h2-3,6-7H,4-5,8-10H2,1H3,(H,19,20). The highest BCUT2D eigenvalue weighted by Gasteiger charge is 2.35. The van der Waals surface area contributed by atoms with Gasteiger partial charge in [-0.25, -0.2) is 9.59 Å². The van der Waals surface area contributed by atoms with Crippen LogP contribution < -0.4 is 5.32 Å². The number of nitriles is 1. The van der Waals surface area contributed by atoms with Crippen molar-refractivity contribution in [1.82, 2.24) is 5.32 Å². The second-order valence-corrected chi connectivity index (χ2v) is 5.56. The maximum absolute atomic E-state index is 12.1. The number of benzene rings is 1. The van der Waals surface area contributed by atoms with Crippen LogP contribution in [0.5, 0.6) is 0 Å². The summed E-state index contributed by atoms with van der Waals surface area (Å²) in [6.45, 7) is -0.516. The first-order chi connectivity index (χ1) is 11.5. The quantitative estimate of drug-likeness (QED) is 0.822. The molecule has 0 aromatic heterocycles. The third kappa shape index (κ3) is 3.90. The Balaban J connectivity index is 1.97. The summed E-state index contributed by atoms with van der Waals surface area (Å²) in [6, 6.07) is 8.14. The number of amides is 1. The first kappa shape index (κ1) is 17.5. The number of hydrogen-bond acceptors (Lipinski definition) is 6. The number of hydrogen-bond donors (Lipinski definition) is 1. The molecule has 1 fully saturated rings. The topological polar surface area (TPSA) is 105 Å². The lowest BCUT2D eigenvalue weighted by molar-refractivity contribution is -0.125. The Kier molecular flexibility index (Phi) is 5.53. The van der Waals surface area contributed by atoms with Crippen molar-refractivity contribution in [2.45, 2.75) is 31.2 Å². The Hall–Kier alpha value is -2.88. The van der Waals surface area contributed by atoms with Crippen molar-refractivity contribution in [3.05, 3.63) is 35.4 Å². The van der Waals surface area contributed by atoms with Gasteiger partial charge in [0.2, 0.25) is 0 Å². The van der Waals surface area contributed by atoms with Gasteiger partial charge in [-0.3, -0.25) is 4.79 Å². The molecule has 1 N–H and O–H groups in total. The van der Waals surface area contributed by atoms with Gasteiger partial charge in [0.05, 0.1) is 24.3 Å². The summed E-state index contributed by atoms with van der Waals surface area (Å²) in [7, 11) is 1.21. The highest BCUT2D eigenvalue weighted by molar-refractivity contribution is 6.03. The summed E-state index contributed by atoms with van der Waals surface area (Å²) in [4.78, 5) is 35.7. The van der Waals surface area contributed by atoms with Crippen LogP contribution in [0.3, 0.4) is 0 Å². The fourth-order valence-corrected chi connectivity index (χ4v) is 2.70. The molecule has 1 amide bonds. The summed E-state index contributed by atoms with van der Waals surface area (Å²) in [5.74, 6) is -2.01. The number of esters is 2. The van der Waals surface area contributed by atoms with Crippen LogP contribution in [0.15, 0.2) is 24.3 Å². The maximum atomic E-state index is 12.1. The Labute approximate surface area is 139 Å². The first-order valence-electron chi connectivity index (χ1n) is 7.58. The van der Waals surface area contributed by atoms with E-state index in [0.29, 0.717) is 12.8 Å². The molecule has 1 saturated carbocycles. The van der Waals surface area contributed by atoms with Gasteiger partial charge in [-0.05, 0) is 37.8 Å². The molecule has 126 valence electrons. The molecule has 0 radical (unpaired) electrons. The Morgan fingerprint density at radius 2 is 1.75 bits per heavy atom. The van der Waals surface area contributed by atoms with E-state index in [9.17, 15) is 19.6 Å². The zero-order chi connectivity index (χ0) is 17.6.